The highest BCUT2D eigenvalue weighted by molar-refractivity contribution is 5.99. The molecule has 3 aromatic rings. The van der Waals surface area contributed by atoms with E-state index in [0.717, 1.165) is 12.0 Å². The van der Waals surface area contributed by atoms with E-state index in [-0.39, 0.29) is 18.0 Å². The zero-order chi connectivity index (χ0) is 26.9. The standard InChI is InChI=1S/C31H35N3O4/c1-20(2)19-37-27-10-6-9-25-26-18-31(4,38-28(25)27)34(30(36)33-26)24-8-5-7-23(17-24)29(35)32-16-15-22-13-11-21(3)12-14-22/h5-14,17,20,26H,15-16,18-19H2,1-4H3,(H,32,35)(H,33,36)/t26?,31-/m1/s1. The highest BCUT2D eigenvalue weighted by atomic mass is 16.5. The molecule has 0 radical (unpaired) electrons. The Balaban J connectivity index is 1.35. The highest BCUT2D eigenvalue weighted by Gasteiger charge is 2.50. The van der Waals surface area contributed by atoms with E-state index >= 15 is 0 Å². The van der Waals surface area contributed by atoms with Gasteiger partial charge in [-0.1, -0.05) is 61.9 Å². The summed E-state index contributed by atoms with van der Waals surface area (Å²) in [4.78, 5) is 27.9. The number of amides is 3. The molecule has 1 unspecified atom stereocenters. The smallest absolute Gasteiger partial charge is 0.325 e. The van der Waals surface area contributed by atoms with Crippen molar-refractivity contribution in [3.8, 4) is 11.5 Å². The highest BCUT2D eigenvalue weighted by Crippen LogP contribution is 2.49. The summed E-state index contributed by atoms with van der Waals surface area (Å²) < 4.78 is 12.6. The lowest BCUT2D eigenvalue weighted by Gasteiger charge is -2.50. The van der Waals surface area contributed by atoms with Crippen molar-refractivity contribution in [3.63, 3.8) is 0 Å². The molecule has 0 aliphatic carbocycles. The predicted molar refractivity (Wildman–Crippen MR) is 148 cm³/mol. The van der Waals surface area contributed by atoms with Gasteiger partial charge in [-0.15, -0.1) is 0 Å². The van der Waals surface area contributed by atoms with Gasteiger partial charge in [0.25, 0.3) is 5.91 Å². The number of carbonyl (C=O) groups excluding carboxylic acids is 2. The Morgan fingerprint density at radius 2 is 1.92 bits per heavy atom. The second-order valence-electron chi connectivity index (χ2n) is 10.7. The van der Waals surface area contributed by atoms with Crippen molar-refractivity contribution in [2.45, 2.75) is 52.3 Å². The summed E-state index contributed by atoms with van der Waals surface area (Å²) in [6.45, 7) is 9.25. The average molecular weight is 514 g/mol. The molecule has 1 fully saturated rings. The van der Waals surface area contributed by atoms with E-state index in [9.17, 15) is 9.59 Å². The largest absolute Gasteiger partial charge is 0.489 e. The number of carbonyl (C=O) groups is 2. The van der Waals surface area contributed by atoms with Crippen molar-refractivity contribution < 1.29 is 19.1 Å². The van der Waals surface area contributed by atoms with Gasteiger partial charge in [-0.25, -0.2) is 4.79 Å². The van der Waals surface area contributed by atoms with Crippen LogP contribution >= 0.6 is 0 Å². The lowest BCUT2D eigenvalue weighted by Crippen LogP contribution is -2.65. The van der Waals surface area contributed by atoms with Crippen LogP contribution in [0.5, 0.6) is 11.5 Å². The van der Waals surface area contributed by atoms with Crippen molar-refractivity contribution >= 4 is 17.6 Å². The van der Waals surface area contributed by atoms with Crippen molar-refractivity contribution in [2.24, 2.45) is 5.92 Å². The minimum atomic E-state index is -0.947. The normalized spacial score (nSPS) is 19.9. The topological polar surface area (TPSA) is 79.9 Å². The van der Waals surface area contributed by atoms with Gasteiger partial charge in [0.15, 0.2) is 17.2 Å². The number of benzene rings is 3. The van der Waals surface area contributed by atoms with Crippen molar-refractivity contribution in [1.29, 1.82) is 0 Å². The fourth-order valence-corrected chi connectivity index (χ4v) is 5.08. The monoisotopic (exact) mass is 513 g/mol. The number of hydrogen-bond donors (Lipinski definition) is 2. The van der Waals surface area contributed by atoms with Gasteiger partial charge in [0.2, 0.25) is 0 Å². The summed E-state index contributed by atoms with van der Waals surface area (Å²) >= 11 is 0. The van der Waals surface area contributed by atoms with Crippen molar-refractivity contribution in [2.75, 3.05) is 18.1 Å². The molecule has 0 saturated carbocycles. The molecule has 7 nitrogen and oxygen atoms in total. The number of aryl methyl sites for hydroxylation is 1. The van der Waals surface area contributed by atoms with Crippen LogP contribution in [-0.2, 0) is 6.42 Å². The number of anilines is 1. The van der Waals surface area contributed by atoms with Gasteiger partial charge in [-0.2, -0.15) is 0 Å². The lowest BCUT2D eigenvalue weighted by molar-refractivity contribution is 0.0337. The fourth-order valence-electron chi connectivity index (χ4n) is 5.08. The number of rotatable bonds is 8. The summed E-state index contributed by atoms with van der Waals surface area (Å²) in [5, 5.41) is 6.12. The van der Waals surface area contributed by atoms with Crippen molar-refractivity contribution in [3.05, 3.63) is 89.0 Å². The van der Waals surface area contributed by atoms with Gasteiger partial charge in [0, 0.05) is 24.1 Å². The SMILES string of the molecule is Cc1ccc(CCNC(=O)c2cccc(N3C(=O)NC4C[C@@]3(C)Oc3c(OCC(C)C)cccc34)c2)cc1. The van der Waals surface area contributed by atoms with Crippen molar-refractivity contribution in [1.82, 2.24) is 10.6 Å². The van der Waals surface area contributed by atoms with Crippen LogP contribution < -0.4 is 25.0 Å². The van der Waals surface area contributed by atoms with E-state index in [4.69, 9.17) is 9.47 Å². The second-order valence-corrected chi connectivity index (χ2v) is 10.7. The molecule has 5 rings (SSSR count). The molecule has 38 heavy (non-hydrogen) atoms. The number of nitrogens with one attached hydrogen (secondary N) is 2. The molecule has 1 saturated heterocycles. The van der Waals surface area contributed by atoms with Crippen LogP contribution in [0, 0.1) is 12.8 Å². The molecule has 0 spiro atoms. The maximum atomic E-state index is 13.4. The molecule has 2 aliphatic heterocycles. The van der Waals surface area contributed by atoms with Crippen LogP contribution in [-0.4, -0.2) is 30.8 Å². The zero-order valence-electron chi connectivity index (χ0n) is 22.4. The average Bonchev–Trinajstić information content (AvgIpc) is 2.88. The van der Waals surface area contributed by atoms with E-state index in [1.807, 2.05) is 31.2 Å². The lowest BCUT2D eigenvalue weighted by atomic mass is 9.89. The molecule has 3 amide bonds. The predicted octanol–water partition coefficient (Wildman–Crippen LogP) is 5.77. The Labute approximate surface area is 224 Å². The number of urea groups is 1. The van der Waals surface area contributed by atoms with Crippen LogP contribution in [0.2, 0.25) is 0 Å². The third-order valence-corrected chi connectivity index (χ3v) is 7.02. The maximum absolute atomic E-state index is 13.4. The molecule has 198 valence electrons. The van der Waals surface area contributed by atoms with Gasteiger partial charge in [-0.3, -0.25) is 9.69 Å². The Hall–Kier alpha value is -4.00. The van der Waals surface area contributed by atoms with E-state index in [1.165, 1.54) is 11.1 Å². The third-order valence-electron chi connectivity index (χ3n) is 7.02. The summed E-state index contributed by atoms with van der Waals surface area (Å²) in [6, 6.07) is 20.8. The van der Waals surface area contributed by atoms with Gasteiger partial charge in [-0.05, 0) is 56.0 Å². The second kappa shape index (κ2) is 10.4. The van der Waals surface area contributed by atoms with Crippen LogP contribution in [0.25, 0.3) is 0 Å². The molecule has 2 atom stereocenters. The molecular formula is C31H35N3O4. The minimum absolute atomic E-state index is 0.182. The van der Waals surface area contributed by atoms with E-state index in [2.05, 4.69) is 55.7 Å². The molecular weight excluding hydrogens is 478 g/mol. The number of nitrogens with zero attached hydrogens (tertiary/aromatic N) is 1. The Morgan fingerprint density at radius 1 is 1.16 bits per heavy atom. The number of hydrogen-bond acceptors (Lipinski definition) is 4. The maximum Gasteiger partial charge on any atom is 0.325 e. The van der Waals surface area contributed by atoms with E-state index in [0.29, 0.717) is 48.2 Å². The Morgan fingerprint density at radius 3 is 2.68 bits per heavy atom. The quantitative estimate of drug-likeness (QED) is 0.401. The first kappa shape index (κ1) is 25.6. The summed E-state index contributed by atoms with van der Waals surface area (Å²) in [7, 11) is 0. The van der Waals surface area contributed by atoms with Gasteiger partial charge in [0.1, 0.15) is 0 Å². The van der Waals surface area contributed by atoms with Crippen LogP contribution in [0.1, 0.15) is 60.3 Å². The van der Waals surface area contributed by atoms with E-state index in [1.54, 1.807) is 23.1 Å². The summed E-state index contributed by atoms with van der Waals surface area (Å²) in [5.41, 5.74) is 3.43. The van der Waals surface area contributed by atoms with Crippen LogP contribution in [0.4, 0.5) is 10.5 Å². The van der Waals surface area contributed by atoms with Gasteiger partial charge in [0.05, 0.1) is 18.3 Å². The number of para-hydroxylation sites is 1. The summed E-state index contributed by atoms with van der Waals surface area (Å²) in [5.74, 6) is 1.51. The van der Waals surface area contributed by atoms with Crippen LogP contribution in [0.3, 0.4) is 0 Å². The van der Waals surface area contributed by atoms with Gasteiger partial charge >= 0.3 is 6.03 Å². The first-order valence-electron chi connectivity index (χ1n) is 13.2. The number of fused-ring (bicyclic) bond motifs is 4. The molecule has 2 heterocycles. The molecule has 2 aliphatic rings. The fraction of sp³-hybridized carbons (Fsp3) is 0.355. The number of ether oxygens (including phenoxy) is 2. The molecule has 2 bridgehead atoms. The van der Waals surface area contributed by atoms with Gasteiger partial charge < -0.3 is 20.1 Å². The molecule has 2 N–H and O–H groups in total. The summed E-state index contributed by atoms with van der Waals surface area (Å²) in [6.07, 6.45) is 1.31. The molecule has 3 aromatic carbocycles. The molecule has 0 aromatic heterocycles. The first-order valence-corrected chi connectivity index (χ1v) is 13.2. The Bertz CT molecular complexity index is 1340. The minimum Gasteiger partial charge on any atom is -0.489 e. The van der Waals surface area contributed by atoms with Crippen LogP contribution in [0.15, 0.2) is 66.7 Å². The Kier molecular flexibility index (Phi) is 7.02. The van der Waals surface area contributed by atoms with E-state index < -0.39 is 5.72 Å². The third kappa shape index (κ3) is 5.19. The zero-order valence-corrected chi connectivity index (χ0v) is 22.4. The first-order chi connectivity index (χ1) is 18.2. The molecule has 7 heteroatoms.